The van der Waals surface area contributed by atoms with E-state index in [1.807, 2.05) is 30.3 Å². The van der Waals surface area contributed by atoms with Crippen molar-refractivity contribution in [2.45, 2.75) is 6.42 Å². The molecule has 1 amide bonds. The molecule has 0 saturated carbocycles. The zero-order chi connectivity index (χ0) is 19.0. The smallest absolute Gasteiger partial charge is 0.255 e. The summed E-state index contributed by atoms with van der Waals surface area (Å²) in [7, 11) is -1.85. The zero-order valence-corrected chi connectivity index (χ0v) is 15.8. The van der Waals surface area contributed by atoms with E-state index in [1.165, 1.54) is 17.7 Å². The SMILES string of the molecule is COc1ccccc1C(=O)NCCN(CCc1ccccc1)S(C)(=O)=O. The monoisotopic (exact) mass is 376 g/mol. The van der Waals surface area contributed by atoms with Crippen LogP contribution >= 0.6 is 0 Å². The van der Waals surface area contributed by atoms with Gasteiger partial charge in [0.05, 0.1) is 18.9 Å². The van der Waals surface area contributed by atoms with Crippen molar-refractivity contribution in [1.29, 1.82) is 0 Å². The molecular formula is C19H24N2O4S. The summed E-state index contributed by atoms with van der Waals surface area (Å²) in [5.41, 5.74) is 1.49. The molecule has 140 valence electrons. The number of hydrogen-bond donors (Lipinski definition) is 1. The average Bonchev–Trinajstić information content (AvgIpc) is 2.64. The summed E-state index contributed by atoms with van der Waals surface area (Å²) in [5, 5.41) is 2.75. The number of benzene rings is 2. The first-order chi connectivity index (χ1) is 12.4. The highest BCUT2D eigenvalue weighted by Crippen LogP contribution is 2.16. The lowest BCUT2D eigenvalue weighted by Crippen LogP contribution is -2.39. The van der Waals surface area contributed by atoms with Gasteiger partial charge in [0.15, 0.2) is 0 Å². The Hall–Kier alpha value is -2.38. The molecule has 0 bridgehead atoms. The van der Waals surface area contributed by atoms with Gasteiger partial charge in [-0.3, -0.25) is 4.79 Å². The van der Waals surface area contributed by atoms with Crippen molar-refractivity contribution >= 4 is 15.9 Å². The van der Waals surface area contributed by atoms with Gasteiger partial charge < -0.3 is 10.1 Å². The molecule has 0 saturated heterocycles. The van der Waals surface area contributed by atoms with Crippen LogP contribution in [0.3, 0.4) is 0 Å². The van der Waals surface area contributed by atoms with Crippen molar-refractivity contribution in [3.05, 3.63) is 65.7 Å². The zero-order valence-electron chi connectivity index (χ0n) is 15.0. The van der Waals surface area contributed by atoms with E-state index < -0.39 is 10.0 Å². The Balaban J connectivity index is 1.92. The lowest BCUT2D eigenvalue weighted by Gasteiger charge is -2.20. The average molecular weight is 376 g/mol. The number of ether oxygens (including phenoxy) is 1. The van der Waals surface area contributed by atoms with Crippen molar-refractivity contribution in [2.75, 3.05) is 33.0 Å². The Morgan fingerprint density at radius 3 is 2.35 bits per heavy atom. The third kappa shape index (κ3) is 5.86. The minimum Gasteiger partial charge on any atom is -0.496 e. The first-order valence-corrected chi connectivity index (χ1v) is 10.2. The number of carbonyl (C=O) groups excluding carboxylic acids is 1. The van der Waals surface area contributed by atoms with Crippen LogP contribution in [0.2, 0.25) is 0 Å². The molecule has 0 heterocycles. The van der Waals surface area contributed by atoms with Gasteiger partial charge in [0.1, 0.15) is 5.75 Å². The van der Waals surface area contributed by atoms with E-state index in [0.717, 1.165) is 5.56 Å². The molecule has 2 aromatic carbocycles. The van der Waals surface area contributed by atoms with Crippen LogP contribution in [-0.4, -0.2) is 51.6 Å². The molecule has 2 rings (SSSR count). The maximum absolute atomic E-state index is 12.3. The number of rotatable bonds is 9. The third-order valence-electron chi connectivity index (χ3n) is 3.96. The number of methoxy groups -OCH3 is 1. The molecule has 0 aromatic heterocycles. The molecule has 0 radical (unpaired) electrons. The number of hydrogen-bond acceptors (Lipinski definition) is 4. The van der Waals surface area contributed by atoms with Gasteiger partial charge in [0.2, 0.25) is 10.0 Å². The van der Waals surface area contributed by atoms with Crippen LogP contribution < -0.4 is 10.1 Å². The lowest BCUT2D eigenvalue weighted by molar-refractivity contribution is 0.0948. The quantitative estimate of drug-likeness (QED) is 0.726. The van der Waals surface area contributed by atoms with Crippen LogP contribution in [0.4, 0.5) is 0 Å². The molecule has 2 aromatic rings. The van der Waals surface area contributed by atoms with E-state index in [-0.39, 0.29) is 19.0 Å². The minimum atomic E-state index is -3.35. The summed E-state index contributed by atoms with van der Waals surface area (Å²) in [6, 6.07) is 16.6. The second-order valence-electron chi connectivity index (χ2n) is 5.85. The molecule has 0 aliphatic heterocycles. The molecule has 26 heavy (non-hydrogen) atoms. The number of carbonyl (C=O) groups is 1. The topological polar surface area (TPSA) is 75.7 Å². The number of sulfonamides is 1. The summed E-state index contributed by atoms with van der Waals surface area (Å²) in [6.45, 7) is 0.804. The van der Waals surface area contributed by atoms with Crippen molar-refractivity contribution in [3.8, 4) is 5.75 Å². The first-order valence-electron chi connectivity index (χ1n) is 8.32. The van der Waals surface area contributed by atoms with E-state index in [4.69, 9.17) is 4.74 Å². The van der Waals surface area contributed by atoms with E-state index >= 15 is 0 Å². The standard InChI is InChI=1S/C19H24N2O4S/c1-25-18-11-7-6-10-17(18)19(22)20-13-15-21(26(2,23)24)14-12-16-8-4-3-5-9-16/h3-11H,12-15H2,1-2H3,(H,20,22). The molecule has 0 unspecified atom stereocenters. The second-order valence-corrected chi connectivity index (χ2v) is 7.84. The summed E-state index contributed by atoms with van der Waals surface area (Å²) in [4.78, 5) is 12.3. The molecule has 0 aliphatic carbocycles. The van der Waals surface area contributed by atoms with Gasteiger partial charge in [-0.25, -0.2) is 12.7 Å². The molecule has 7 heteroatoms. The normalized spacial score (nSPS) is 11.3. The number of amides is 1. The fourth-order valence-corrected chi connectivity index (χ4v) is 3.41. The summed E-state index contributed by atoms with van der Waals surface area (Å²) in [6.07, 6.45) is 1.80. The van der Waals surface area contributed by atoms with Crippen molar-refractivity contribution < 1.29 is 17.9 Å². The van der Waals surface area contributed by atoms with E-state index in [1.54, 1.807) is 24.3 Å². The molecule has 0 fully saturated rings. The Kier molecular flexibility index (Phi) is 7.17. The van der Waals surface area contributed by atoms with Gasteiger partial charge in [-0.2, -0.15) is 0 Å². The Bertz CT molecular complexity index is 822. The van der Waals surface area contributed by atoms with Crippen LogP contribution in [0.15, 0.2) is 54.6 Å². The maximum atomic E-state index is 12.3. The Labute approximate surface area is 154 Å². The molecule has 0 aliphatic rings. The first kappa shape index (κ1) is 19.9. The summed E-state index contributed by atoms with van der Waals surface area (Å²) in [5.74, 6) is 0.188. The molecule has 0 atom stereocenters. The van der Waals surface area contributed by atoms with Gasteiger partial charge in [-0.15, -0.1) is 0 Å². The van der Waals surface area contributed by atoms with Crippen molar-refractivity contribution in [2.24, 2.45) is 0 Å². The summed E-state index contributed by atoms with van der Waals surface area (Å²) >= 11 is 0. The van der Waals surface area contributed by atoms with Crippen LogP contribution in [0.1, 0.15) is 15.9 Å². The number of nitrogens with one attached hydrogen (secondary N) is 1. The number of nitrogens with zero attached hydrogens (tertiary/aromatic N) is 1. The van der Waals surface area contributed by atoms with Gasteiger partial charge in [0, 0.05) is 19.6 Å². The van der Waals surface area contributed by atoms with Gasteiger partial charge in [0.25, 0.3) is 5.91 Å². The Morgan fingerprint density at radius 1 is 1.04 bits per heavy atom. The van der Waals surface area contributed by atoms with Gasteiger partial charge >= 0.3 is 0 Å². The fraction of sp³-hybridized carbons (Fsp3) is 0.316. The van der Waals surface area contributed by atoms with E-state index in [0.29, 0.717) is 24.3 Å². The highest BCUT2D eigenvalue weighted by Gasteiger charge is 2.17. The van der Waals surface area contributed by atoms with Crippen LogP contribution in [0.25, 0.3) is 0 Å². The highest BCUT2D eigenvalue weighted by atomic mass is 32.2. The van der Waals surface area contributed by atoms with Crippen LogP contribution in [0, 0.1) is 0 Å². The van der Waals surface area contributed by atoms with Crippen LogP contribution in [0.5, 0.6) is 5.75 Å². The minimum absolute atomic E-state index is 0.215. The van der Waals surface area contributed by atoms with E-state index in [9.17, 15) is 13.2 Å². The predicted molar refractivity (Wildman–Crippen MR) is 102 cm³/mol. The summed E-state index contributed by atoms with van der Waals surface area (Å²) < 4.78 is 30.5. The Morgan fingerprint density at radius 2 is 1.69 bits per heavy atom. The number of para-hydroxylation sites is 1. The van der Waals surface area contributed by atoms with Crippen LogP contribution in [-0.2, 0) is 16.4 Å². The van der Waals surface area contributed by atoms with Gasteiger partial charge in [-0.1, -0.05) is 42.5 Å². The fourth-order valence-electron chi connectivity index (χ4n) is 2.56. The predicted octanol–water partition coefficient (Wildman–Crippen LogP) is 1.93. The van der Waals surface area contributed by atoms with Crippen molar-refractivity contribution in [1.82, 2.24) is 9.62 Å². The third-order valence-corrected chi connectivity index (χ3v) is 5.26. The highest BCUT2D eigenvalue weighted by molar-refractivity contribution is 7.88. The van der Waals surface area contributed by atoms with Gasteiger partial charge in [-0.05, 0) is 24.1 Å². The molecule has 1 N–H and O–H groups in total. The molecule has 6 nitrogen and oxygen atoms in total. The van der Waals surface area contributed by atoms with E-state index in [2.05, 4.69) is 5.32 Å². The molecule has 0 spiro atoms. The second kappa shape index (κ2) is 9.35. The van der Waals surface area contributed by atoms with Crippen molar-refractivity contribution in [3.63, 3.8) is 0 Å². The lowest BCUT2D eigenvalue weighted by atomic mass is 10.1. The molecular weight excluding hydrogens is 352 g/mol. The maximum Gasteiger partial charge on any atom is 0.255 e. The largest absolute Gasteiger partial charge is 0.496 e.